The average molecular weight is 455 g/mol. The van der Waals surface area contributed by atoms with Gasteiger partial charge in [0.15, 0.2) is 5.16 Å². The van der Waals surface area contributed by atoms with Gasteiger partial charge in [-0.05, 0) is 47.9 Å². The van der Waals surface area contributed by atoms with Gasteiger partial charge in [-0.1, -0.05) is 61.2 Å². The van der Waals surface area contributed by atoms with Gasteiger partial charge in [0.2, 0.25) is 5.91 Å². The van der Waals surface area contributed by atoms with Crippen LogP contribution in [0.25, 0.3) is 16.6 Å². The topological polar surface area (TPSA) is 87.8 Å². The molecule has 1 atom stereocenters. The SMILES string of the molecule is C[C@@H](CNC(=O)CSc1nc2ccccc2c(=O)n1-c1ccc(C#N)cc1)c1ccccc1. The second kappa shape index (κ2) is 10.2. The summed E-state index contributed by atoms with van der Waals surface area (Å²) in [4.78, 5) is 30.5. The number of rotatable bonds is 7. The fraction of sp³-hybridized carbons (Fsp3) is 0.154. The van der Waals surface area contributed by atoms with Gasteiger partial charge in [-0.25, -0.2) is 4.98 Å². The highest BCUT2D eigenvalue weighted by Gasteiger charge is 2.15. The molecule has 4 rings (SSSR count). The Kier molecular flexibility index (Phi) is 6.86. The maximum Gasteiger partial charge on any atom is 0.266 e. The number of hydrogen-bond donors (Lipinski definition) is 1. The molecule has 4 aromatic rings. The Morgan fingerprint density at radius 2 is 1.76 bits per heavy atom. The maximum absolute atomic E-state index is 13.3. The summed E-state index contributed by atoms with van der Waals surface area (Å²) in [6.07, 6.45) is 0. The highest BCUT2D eigenvalue weighted by molar-refractivity contribution is 7.99. The third kappa shape index (κ3) is 5.13. The molecule has 1 aromatic heterocycles. The largest absolute Gasteiger partial charge is 0.355 e. The summed E-state index contributed by atoms with van der Waals surface area (Å²) in [5, 5.41) is 13.0. The molecular formula is C26H22N4O2S. The van der Waals surface area contributed by atoms with Crippen LogP contribution in [-0.2, 0) is 4.79 Å². The molecule has 3 aromatic carbocycles. The van der Waals surface area contributed by atoms with E-state index in [1.54, 1.807) is 42.5 Å². The lowest BCUT2D eigenvalue weighted by molar-refractivity contribution is -0.118. The predicted molar refractivity (Wildman–Crippen MR) is 131 cm³/mol. The summed E-state index contributed by atoms with van der Waals surface area (Å²) < 4.78 is 1.49. The number of amides is 1. The number of hydrogen-bond acceptors (Lipinski definition) is 5. The molecule has 1 heterocycles. The van der Waals surface area contributed by atoms with Crippen LogP contribution in [0, 0.1) is 11.3 Å². The Balaban J connectivity index is 1.55. The minimum atomic E-state index is -0.217. The van der Waals surface area contributed by atoms with Crippen molar-refractivity contribution in [1.29, 1.82) is 5.26 Å². The molecule has 6 nitrogen and oxygen atoms in total. The fourth-order valence-corrected chi connectivity index (χ4v) is 4.31. The van der Waals surface area contributed by atoms with Gasteiger partial charge < -0.3 is 5.32 Å². The van der Waals surface area contributed by atoms with Crippen LogP contribution >= 0.6 is 11.8 Å². The average Bonchev–Trinajstić information content (AvgIpc) is 2.87. The van der Waals surface area contributed by atoms with Crippen LogP contribution in [0.3, 0.4) is 0 Å². The summed E-state index contributed by atoms with van der Waals surface area (Å²) in [5.74, 6) is 0.190. The number of nitrogens with one attached hydrogen (secondary N) is 1. The normalized spacial score (nSPS) is 11.6. The van der Waals surface area contributed by atoms with E-state index in [0.717, 1.165) is 5.56 Å². The molecule has 7 heteroatoms. The first-order chi connectivity index (χ1) is 16.1. The van der Waals surface area contributed by atoms with Crippen LogP contribution in [0.2, 0.25) is 0 Å². The Morgan fingerprint density at radius 1 is 1.06 bits per heavy atom. The quantitative estimate of drug-likeness (QED) is 0.333. The number of fused-ring (bicyclic) bond motifs is 1. The molecule has 0 aliphatic rings. The number of nitriles is 1. The van der Waals surface area contributed by atoms with Crippen LogP contribution in [-0.4, -0.2) is 27.8 Å². The third-order valence-electron chi connectivity index (χ3n) is 5.31. The Morgan fingerprint density at radius 3 is 2.48 bits per heavy atom. The van der Waals surface area contributed by atoms with Gasteiger partial charge in [-0.2, -0.15) is 5.26 Å². The van der Waals surface area contributed by atoms with Crippen molar-refractivity contribution >= 4 is 28.6 Å². The first-order valence-corrected chi connectivity index (χ1v) is 11.5. The minimum Gasteiger partial charge on any atom is -0.355 e. The monoisotopic (exact) mass is 454 g/mol. The summed E-state index contributed by atoms with van der Waals surface area (Å²) in [6, 6.07) is 26.0. The van der Waals surface area contributed by atoms with Crippen molar-refractivity contribution in [3.05, 3.63) is 100 Å². The first-order valence-electron chi connectivity index (χ1n) is 10.5. The number of carbonyl (C=O) groups is 1. The van der Waals surface area contributed by atoms with E-state index in [1.165, 1.54) is 16.3 Å². The lowest BCUT2D eigenvalue weighted by Crippen LogP contribution is -2.29. The van der Waals surface area contributed by atoms with E-state index < -0.39 is 0 Å². The number of aromatic nitrogens is 2. The van der Waals surface area contributed by atoms with Crippen LogP contribution in [0.15, 0.2) is 88.8 Å². The van der Waals surface area contributed by atoms with Gasteiger partial charge in [-0.3, -0.25) is 14.2 Å². The zero-order chi connectivity index (χ0) is 23.2. The smallest absolute Gasteiger partial charge is 0.266 e. The molecule has 1 amide bonds. The zero-order valence-electron chi connectivity index (χ0n) is 18.1. The Labute approximate surface area is 195 Å². The molecule has 0 aliphatic heterocycles. The van der Waals surface area contributed by atoms with E-state index in [1.807, 2.05) is 36.4 Å². The van der Waals surface area contributed by atoms with Crippen LogP contribution in [0.1, 0.15) is 24.0 Å². The number of benzene rings is 3. The van der Waals surface area contributed by atoms with E-state index in [4.69, 9.17) is 5.26 Å². The number of nitrogens with zero attached hydrogens (tertiary/aromatic N) is 3. The van der Waals surface area contributed by atoms with E-state index in [9.17, 15) is 9.59 Å². The second-order valence-corrected chi connectivity index (χ2v) is 8.56. The van der Waals surface area contributed by atoms with E-state index in [-0.39, 0.29) is 23.1 Å². The molecule has 0 aliphatic carbocycles. The minimum absolute atomic E-state index is 0.128. The van der Waals surface area contributed by atoms with Crippen LogP contribution < -0.4 is 10.9 Å². The van der Waals surface area contributed by atoms with Gasteiger partial charge in [0.05, 0.1) is 34.0 Å². The van der Waals surface area contributed by atoms with Crippen molar-refractivity contribution < 1.29 is 4.79 Å². The summed E-state index contributed by atoms with van der Waals surface area (Å²) >= 11 is 1.21. The molecule has 0 radical (unpaired) electrons. The van der Waals surface area contributed by atoms with Gasteiger partial charge in [0.1, 0.15) is 0 Å². The lowest BCUT2D eigenvalue weighted by Gasteiger charge is -2.15. The van der Waals surface area contributed by atoms with Crippen molar-refractivity contribution in [2.24, 2.45) is 0 Å². The van der Waals surface area contributed by atoms with Gasteiger partial charge in [0, 0.05) is 6.54 Å². The third-order valence-corrected chi connectivity index (χ3v) is 6.24. The number of carbonyl (C=O) groups excluding carboxylic acids is 1. The highest BCUT2D eigenvalue weighted by Crippen LogP contribution is 2.22. The lowest BCUT2D eigenvalue weighted by atomic mass is 10.0. The molecule has 33 heavy (non-hydrogen) atoms. The van der Waals surface area contributed by atoms with E-state index in [0.29, 0.717) is 33.9 Å². The fourth-order valence-electron chi connectivity index (χ4n) is 3.47. The Bertz CT molecular complexity index is 1380. The molecule has 1 N–H and O–H groups in total. The van der Waals surface area contributed by atoms with Crippen molar-refractivity contribution in [2.45, 2.75) is 18.0 Å². The number of thioether (sulfide) groups is 1. The maximum atomic E-state index is 13.3. The van der Waals surface area contributed by atoms with Gasteiger partial charge >= 0.3 is 0 Å². The van der Waals surface area contributed by atoms with E-state index >= 15 is 0 Å². The van der Waals surface area contributed by atoms with Gasteiger partial charge in [0.25, 0.3) is 5.56 Å². The molecule has 0 bridgehead atoms. The molecular weight excluding hydrogens is 432 g/mol. The summed E-state index contributed by atoms with van der Waals surface area (Å²) in [5.41, 5.74) is 2.62. The summed E-state index contributed by atoms with van der Waals surface area (Å²) in [7, 11) is 0. The highest BCUT2D eigenvalue weighted by atomic mass is 32.2. The number of para-hydroxylation sites is 1. The molecule has 0 fully saturated rings. The van der Waals surface area contributed by atoms with E-state index in [2.05, 4.69) is 23.3 Å². The van der Waals surface area contributed by atoms with Crippen molar-refractivity contribution in [2.75, 3.05) is 12.3 Å². The molecule has 0 spiro atoms. The zero-order valence-corrected chi connectivity index (χ0v) is 18.9. The molecule has 0 saturated heterocycles. The first kappa shape index (κ1) is 22.3. The van der Waals surface area contributed by atoms with Crippen LogP contribution in [0.5, 0.6) is 0 Å². The molecule has 0 saturated carbocycles. The molecule has 164 valence electrons. The predicted octanol–water partition coefficient (Wildman–Crippen LogP) is 4.27. The second-order valence-electron chi connectivity index (χ2n) is 7.62. The Hall–Kier alpha value is -3.89. The van der Waals surface area contributed by atoms with Crippen molar-refractivity contribution in [1.82, 2.24) is 14.9 Å². The standard InChI is InChI=1S/C26H22N4O2S/c1-18(20-7-3-2-4-8-20)16-28-24(31)17-33-26-29-23-10-6-5-9-22(23)25(32)30(26)21-13-11-19(15-27)12-14-21/h2-14,18H,16-17H2,1H3,(H,28,31)/t18-/m0/s1. The molecule has 0 unspecified atom stereocenters. The van der Waals surface area contributed by atoms with Crippen molar-refractivity contribution in [3.8, 4) is 11.8 Å². The summed E-state index contributed by atoms with van der Waals surface area (Å²) in [6.45, 7) is 2.59. The van der Waals surface area contributed by atoms with Crippen molar-refractivity contribution in [3.63, 3.8) is 0 Å². The van der Waals surface area contributed by atoms with Crippen LogP contribution in [0.4, 0.5) is 0 Å². The van der Waals surface area contributed by atoms with Gasteiger partial charge in [-0.15, -0.1) is 0 Å².